The van der Waals surface area contributed by atoms with Crippen molar-refractivity contribution >= 4 is 22.2 Å². The minimum Gasteiger partial charge on any atom is -0.505 e. The number of hydrogen-bond donors (Lipinski definition) is 2. The topological polar surface area (TPSA) is 36.0 Å². The van der Waals surface area contributed by atoms with Crippen LogP contribution in [0.5, 0.6) is 5.75 Å². The van der Waals surface area contributed by atoms with Crippen molar-refractivity contribution in [2.45, 2.75) is 0 Å². The SMILES string of the molecule is Oc1ccc(-c2c(-c3cccs3)[nH]c3ccc(F)cc23)cc1F. The molecule has 0 bridgehead atoms. The van der Waals surface area contributed by atoms with Gasteiger partial charge in [0.2, 0.25) is 0 Å². The molecule has 23 heavy (non-hydrogen) atoms. The van der Waals surface area contributed by atoms with E-state index < -0.39 is 11.6 Å². The van der Waals surface area contributed by atoms with Gasteiger partial charge in [0.1, 0.15) is 5.82 Å². The number of halogens is 2. The maximum absolute atomic E-state index is 13.8. The van der Waals surface area contributed by atoms with E-state index in [1.807, 2.05) is 17.5 Å². The van der Waals surface area contributed by atoms with E-state index in [-0.39, 0.29) is 5.82 Å². The quantitative estimate of drug-likeness (QED) is 0.498. The maximum atomic E-state index is 13.8. The Morgan fingerprint density at radius 2 is 1.87 bits per heavy atom. The molecule has 4 rings (SSSR count). The van der Waals surface area contributed by atoms with Gasteiger partial charge < -0.3 is 10.1 Å². The van der Waals surface area contributed by atoms with E-state index in [1.165, 1.54) is 24.3 Å². The van der Waals surface area contributed by atoms with Crippen LogP contribution in [0.2, 0.25) is 0 Å². The first-order valence-electron chi connectivity index (χ1n) is 6.97. The van der Waals surface area contributed by atoms with Crippen LogP contribution in [-0.2, 0) is 0 Å². The second-order valence-electron chi connectivity index (χ2n) is 5.21. The first-order valence-corrected chi connectivity index (χ1v) is 7.85. The number of nitrogens with one attached hydrogen (secondary N) is 1. The molecule has 2 aromatic carbocycles. The van der Waals surface area contributed by atoms with E-state index in [4.69, 9.17) is 0 Å². The number of H-pyrrole nitrogens is 1. The summed E-state index contributed by atoms with van der Waals surface area (Å²) < 4.78 is 27.5. The van der Waals surface area contributed by atoms with E-state index in [1.54, 1.807) is 23.5 Å². The van der Waals surface area contributed by atoms with Crippen molar-refractivity contribution in [3.63, 3.8) is 0 Å². The Balaban J connectivity index is 2.07. The number of aromatic hydroxyl groups is 1. The number of phenols is 1. The van der Waals surface area contributed by atoms with Crippen LogP contribution >= 0.6 is 11.3 Å². The first-order chi connectivity index (χ1) is 11.1. The molecule has 0 aliphatic rings. The molecule has 0 atom stereocenters. The number of phenolic OH excluding ortho intramolecular Hbond substituents is 1. The molecule has 0 saturated heterocycles. The molecular weight excluding hydrogens is 316 g/mol. The van der Waals surface area contributed by atoms with Gasteiger partial charge in [0, 0.05) is 16.5 Å². The fraction of sp³-hybridized carbons (Fsp3) is 0. The standard InChI is InChI=1S/C18H11F2NOS/c19-11-4-5-14-12(9-11)17(10-3-6-15(22)13(20)8-10)18(21-14)16-2-1-7-23-16/h1-9,21-22H. The number of aromatic nitrogens is 1. The summed E-state index contributed by atoms with van der Waals surface area (Å²) in [4.78, 5) is 4.26. The molecule has 2 N–H and O–H groups in total. The smallest absolute Gasteiger partial charge is 0.165 e. The molecule has 0 aliphatic heterocycles. The third-order valence-corrected chi connectivity index (χ3v) is 4.65. The molecule has 2 nitrogen and oxygen atoms in total. The van der Waals surface area contributed by atoms with Crippen LogP contribution in [0.25, 0.3) is 32.6 Å². The van der Waals surface area contributed by atoms with Gasteiger partial charge in [-0.1, -0.05) is 12.1 Å². The average molecular weight is 327 g/mol. The third-order valence-electron chi connectivity index (χ3n) is 3.76. The summed E-state index contributed by atoms with van der Waals surface area (Å²) in [6.07, 6.45) is 0. The highest BCUT2D eigenvalue weighted by Gasteiger charge is 2.17. The predicted molar refractivity (Wildman–Crippen MR) is 88.6 cm³/mol. The van der Waals surface area contributed by atoms with Crippen LogP contribution in [0.15, 0.2) is 53.9 Å². The second-order valence-corrected chi connectivity index (χ2v) is 6.16. The predicted octanol–water partition coefficient (Wildman–Crippen LogP) is 5.55. The van der Waals surface area contributed by atoms with Crippen LogP contribution in [0.1, 0.15) is 0 Å². The lowest BCUT2D eigenvalue weighted by molar-refractivity contribution is 0.432. The third kappa shape index (κ3) is 2.29. The lowest BCUT2D eigenvalue weighted by atomic mass is 10.0. The zero-order valence-corrected chi connectivity index (χ0v) is 12.6. The zero-order valence-electron chi connectivity index (χ0n) is 11.8. The van der Waals surface area contributed by atoms with Crippen LogP contribution in [-0.4, -0.2) is 10.1 Å². The molecular formula is C18H11F2NOS. The summed E-state index contributed by atoms with van der Waals surface area (Å²) in [7, 11) is 0. The normalized spacial score (nSPS) is 11.2. The molecule has 0 radical (unpaired) electrons. The van der Waals surface area contributed by atoms with Gasteiger partial charge in [0.25, 0.3) is 0 Å². The average Bonchev–Trinajstić information content (AvgIpc) is 3.16. The molecule has 2 heterocycles. The molecule has 0 unspecified atom stereocenters. The summed E-state index contributed by atoms with van der Waals surface area (Å²) >= 11 is 1.54. The summed E-state index contributed by atoms with van der Waals surface area (Å²) in [6, 6.07) is 12.6. The fourth-order valence-corrected chi connectivity index (χ4v) is 3.46. The highest BCUT2D eigenvalue weighted by Crippen LogP contribution is 2.40. The Bertz CT molecular complexity index is 1010. The van der Waals surface area contributed by atoms with E-state index in [2.05, 4.69) is 4.98 Å². The number of rotatable bonds is 2. The Morgan fingerprint density at radius 3 is 2.61 bits per heavy atom. The Morgan fingerprint density at radius 1 is 1.00 bits per heavy atom. The lowest BCUT2D eigenvalue weighted by Crippen LogP contribution is -1.83. The van der Waals surface area contributed by atoms with Gasteiger partial charge in [0.05, 0.1) is 10.6 Å². The number of aromatic amines is 1. The minimum absolute atomic E-state index is 0.352. The van der Waals surface area contributed by atoms with E-state index >= 15 is 0 Å². The zero-order chi connectivity index (χ0) is 16.0. The molecule has 0 fully saturated rings. The number of benzene rings is 2. The van der Waals surface area contributed by atoms with Crippen molar-refractivity contribution in [1.29, 1.82) is 0 Å². The maximum Gasteiger partial charge on any atom is 0.165 e. The summed E-state index contributed by atoms with van der Waals surface area (Å²) in [6.45, 7) is 0. The second kappa shape index (κ2) is 5.21. The van der Waals surface area contributed by atoms with Crippen molar-refractivity contribution in [3.8, 4) is 27.4 Å². The van der Waals surface area contributed by atoms with Gasteiger partial charge in [-0.2, -0.15) is 0 Å². The molecule has 5 heteroatoms. The highest BCUT2D eigenvalue weighted by atomic mass is 32.1. The molecule has 0 aliphatic carbocycles. The van der Waals surface area contributed by atoms with Crippen LogP contribution in [0, 0.1) is 11.6 Å². The Kier molecular flexibility index (Phi) is 3.16. The van der Waals surface area contributed by atoms with E-state index in [0.29, 0.717) is 10.9 Å². The van der Waals surface area contributed by atoms with E-state index in [9.17, 15) is 13.9 Å². The minimum atomic E-state index is -0.703. The number of hydrogen-bond acceptors (Lipinski definition) is 2. The van der Waals surface area contributed by atoms with Gasteiger partial charge >= 0.3 is 0 Å². The number of fused-ring (bicyclic) bond motifs is 1. The molecule has 0 saturated carbocycles. The van der Waals surface area contributed by atoms with Crippen LogP contribution < -0.4 is 0 Å². The highest BCUT2D eigenvalue weighted by molar-refractivity contribution is 7.13. The van der Waals surface area contributed by atoms with Crippen molar-refractivity contribution in [2.24, 2.45) is 0 Å². The summed E-state index contributed by atoms with van der Waals surface area (Å²) in [5.41, 5.74) is 2.89. The Labute approximate surface area is 134 Å². The number of thiophene rings is 1. The molecule has 4 aromatic rings. The monoisotopic (exact) mass is 327 g/mol. The fourth-order valence-electron chi connectivity index (χ4n) is 2.73. The largest absolute Gasteiger partial charge is 0.505 e. The molecule has 114 valence electrons. The van der Waals surface area contributed by atoms with Crippen molar-refractivity contribution in [2.75, 3.05) is 0 Å². The van der Waals surface area contributed by atoms with Gasteiger partial charge in [-0.15, -0.1) is 11.3 Å². The van der Waals surface area contributed by atoms with Crippen LogP contribution in [0.4, 0.5) is 8.78 Å². The molecule has 0 amide bonds. The van der Waals surface area contributed by atoms with Crippen molar-refractivity contribution < 1.29 is 13.9 Å². The summed E-state index contributed by atoms with van der Waals surface area (Å²) in [5, 5.41) is 12.0. The summed E-state index contributed by atoms with van der Waals surface area (Å²) in [5.74, 6) is -1.46. The van der Waals surface area contributed by atoms with Gasteiger partial charge in [-0.25, -0.2) is 8.78 Å². The molecule has 0 spiro atoms. The molecule has 2 aromatic heterocycles. The van der Waals surface area contributed by atoms with Gasteiger partial charge in [-0.05, 0) is 47.3 Å². The van der Waals surface area contributed by atoms with E-state index in [0.717, 1.165) is 21.7 Å². The van der Waals surface area contributed by atoms with Crippen molar-refractivity contribution in [3.05, 3.63) is 65.5 Å². The van der Waals surface area contributed by atoms with Crippen LogP contribution in [0.3, 0.4) is 0 Å². The first kappa shape index (κ1) is 14.0. The van der Waals surface area contributed by atoms with Crippen molar-refractivity contribution in [1.82, 2.24) is 4.98 Å². The lowest BCUT2D eigenvalue weighted by Gasteiger charge is -2.05. The van der Waals surface area contributed by atoms with Gasteiger partial charge in [-0.3, -0.25) is 0 Å². The van der Waals surface area contributed by atoms with Gasteiger partial charge in [0.15, 0.2) is 11.6 Å². The Hall–Kier alpha value is -2.66.